The van der Waals surface area contributed by atoms with Crippen LogP contribution in [0.3, 0.4) is 0 Å². The molecule has 0 unspecified atom stereocenters. The smallest absolute Gasteiger partial charge is 0.343 e. The van der Waals surface area contributed by atoms with Gasteiger partial charge in [-0.25, -0.2) is 4.79 Å². The number of hydrogen-bond donors (Lipinski definition) is 0. The van der Waals surface area contributed by atoms with Gasteiger partial charge in [0, 0.05) is 5.56 Å². The lowest BCUT2D eigenvalue weighted by Crippen LogP contribution is -1.97. The van der Waals surface area contributed by atoms with Crippen LogP contribution in [0.15, 0.2) is 66.2 Å². The van der Waals surface area contributed by atoms with Crippen molar-refractivity contribution >= 4 is 17.8 Å². The molecule has 2 aromatic rings. The number of rotatable bonds is 6. The van der Waals surface area contributed by atoms with E-state index in [-0.39, 0.29) is 5.97 Å². The van der Waals surface area contributed by atoms with Crippen LogP contribution in [0.2, 0.25) is 0 Å². The highest BCUT2D eigenvalue weighted by Gasteiger charge is 2.21. The van der Waals surface area contributed by atoms with Crippen LogP contribution in [-0.2, 0) is 9.53 Å². The second kappa shape index (κ2) is 7.64. The highest BCUT2D eigenvalue weighted by molar-refractivity contribution is 6.05. The number of esters is 1. The first-order chi connectivity index (χ1) is 11.8. The molecule has 24 heavy (non-hydrogen) atoms. The lowest BCUT2D eigenvalue weighted by molar-refractivity contribution is -0.130. The molecule has 0 saturated carbocycles. The minimum absolute atomic E-state index is 0.322. The van der Waals surface area contributed by atoms with Crippen molar-refractivity contribution in [3.63, 3.8) is 0 Å². The van der Waals surface area contributed by atoms with E-state index in [0.717, 1.165) is 36.3 Å². The Bertz CT molecular complexity index is 755. The molecule has 2 aromatic carbocycles. The third-order valence-corrected chi connectivity index (χ3v) is 3.75. The first kappa shape index (κ1) is 16.1. The molecule has 1 aliphatic heterocycles. The predicted octanol–water partition coefficient (Wildman–Crippen LogP) is 4.85. The molecule has 1 aliphatic rings. The minimum Gasteiger partial charge on any atom is -0.494 e. The van der Waals surface area contributed by atoms with E-state index in [1.165, 1.54) is 0 Å². The molecule has 0 bridgehead atoms. The second-order valence-corrected chi connectivity index (χ2v) is 5.63. The Balaban J connectivity index is 1.73. The average Bonchev–Trinajstić information content (AvgIpc) is 2.98. The Morgan fingerprint density at radius 3 is 2.50 bits per heavy atom. The van der Waals surface area contributed by atoms with Gasteiger partial charge in [-0.05, 0) is 36.3 Å². The predicted molar refractivity (Wildman–Crippen MR) is 95.3 cm³/mol. The van der Waals surface area contributed by atoms with Crippen molar-refractivity contribution in [2.75, 3.05) is 6.61 Å². The van der Waals surface area contributed by atoms with Crippen molar-refractivity contribution < 1.29 is 14.3 Å². The number of hydrogen-bond acceptors (Lipinski definition) is 3. The van der Waals surface area contributed by atoms with Crippen molar-refractivity contribution in [2.45, 2.75) is 19.8 Å². The van der Waals surface area contributed by atoms with Gasteiger partial charge in [-0.15, -0.1) is 0 Å². The summed E-state index contributed by atoms with van der Waals surface area (Å²) in [6.07, 6.45) is 5.77. The highest BCUT2D eigenvalue weighted by Crippen LogP contribution is 2.27. The van der Waals surface area contributed by atoms with Crippen LogP contribution < -0.4 is 4.74 Å². The number of carbonyl (C=O) groups excluding carboxylic acids is 1. The van der Waals surface area contributed by atoms with E-state index in [1.54, 1.807) is 6.08 Å². The van der Waals surface area contributed by atoms with Gasteiger partial charge in [-0.3, -0.25) is 0 Å². The van der Waals surface area contributed by atoms with Gasteiger partial charge in [0.05, 0.1) is 12.2 Å². The Morgan fingerprint density at radius 1 is 1.04 bits per heavy atom. The van der Waals surface area contributed by atoms with Crippen molar-refractivity contribution in [2.24, 2.45) is 0 Å². The second-order valence-electron chi connectivity index (χ2n) is 5.63. The molecular formula is C21H20O3. The molecule has 3 heteroatoms. The standard InChI is InChI=1S/C21H20O3/c1-2-3-13-23-19-11-9-16(10-12-19)14-18-15-20(24-21(18)22)17-7-5-4-6-8-17/h4-12,14-15H,2-3,13H2,1H3/b18-14+. The third kappa shape index (κ3) is 3.93. The number of benzene rings is 2. The molecule has 3 nitrogen and oxygen atoms in total. The van der Waals surface area contributed by atoms with E-state index in [0.29, 0.717) is 11.3 Å². The van der Waals surface area contributed by atoms with Gasteiger partial charge in [0.25, 0.3) is 0 Å². The first-order valence-electron chi connectivity index (χ1n) is 8.20. The van der Waals surface area contributed by atoms with Crippen LogP contribution in [0.25, 0.3) is 11.8 Å². The fraction of sp³-hybridized carbons (Fsp3) is 0.190. The summed E-state index contributed by atoms with van der Waals surface area (Å²) >= 11 is 0. The van der Waals surface area contributed by atoms with E-state index < -0.39 is 0 Å². The van der Waals surface area contributed by atoms with Crippen molar-refractivity contribution in [3.8, 4) is 5.75 Å². The molecular weight excluding hydrogens is 300 g/mol. The van der Waals surface area contributed by atoms with Crippen LogP contribution in [0.5, 0.6) is 5.75 Å². The van der Waals surface area contributed by atoms with Crippen LogP contribution in [0, 0.1) is 0 Å². The molecule has 0 aliphatic carbocycles. The van der Waals surface area contributed by atoms with Crippen molar-refractivity contribution in [1.82, 2.24) is 0 Å². The molecule has 0 saturated heterocycles. The molecule has 1 heterocycles. The SMILES string of the molecule is CCCCOc1ccc(/C=C2\C=C(c3ccccc3)OC2=O)cc1. The van der Waals surface area contributed by atoms with Gasteiger partial charge >= 0.3 is 5.97 Å². The van der Waals surface area contributed by atoms with Gasteiger partial charge in [0.1, 0.15) is 11.5 Å². The maximum Gasteiger partial charge on any atom is 0.343 e. The molecule has 0 N–H and O–H groups in total. The van der Waals surface area contributed by atoms with Crippen molar-refractivity contribution in [3.05, 3.63) is 77.4 Å². The highest BCUT2D eigenvalue weighted by atomic mass is 16.5. The summed E-state index contributed by atoms with van der Waals surface area (Å²) in [5.41, 5.74) is 2.39. The quantitative estimate of drug-likeness (QED) is 0.434. The summed E-state index contributed by atoms with van der Waals surface area (Å²) in [4.78, 5) is 12.0. The number of carbonyl (C=O) groups is 1. The van der Waals surface area contributed by atoms with Crippen molar-refractivity contribution in [1.29, 1.82) is 0 Å². The van der Waals surface area contributed by atoms with Gasteiger partial charge in [-0.2, -0.15) is 0 Å². The zero-order chi connectivity index (χ0) is 16.8. The van der Waals surface area contributed by atoms with Crippen LogP contribution in [-0.4, -0.2) is 12.6 Å². The Morgan fingerprint density at radius 2 is 1.79 bits per heavy atom. The number of cyclic esters (lactones) is 1. The average molecular weight is 320 g/mol. The fourth-order valence-electron chi connectivity index (χ4n) is 2.41. The zero-order valence-electron chi connectivity index (χ0n) is 13.7. The van der Waals surface area contributed by atoms with Crippen LogP contribution >= 0.6 is 0 Å². The van der Waals surface area contributed by atoms with E-state index in [9.17, 15) is 4.79 Å². The number of unbranched alkanes of at least 4 members (excludes halogenated alkanes) is 1. The van der Waals surface area contributed by atoms with E-state index in [4.69, 9.17) is 9.47 Å². The molecule has 122 valence electrons. The summed E-state index contributed by atoms with van der Waals surface area (Å²) in [5, 5.41) is 0. The zero-order valence-corrected chi connectivity index (χ0v) is 13.7. The summed E-state index contributed by atoms with van der Waals surface area (Å²) in [6.45, 7) is 2.86. The normalized spacial score (nSPS) is 15.3. The largest absolute Gasteiger partial charge is 0.494 e. The lowest BCUT2D eigenvalue weighted by Gasteiger charge is -2.05. The van der Waals surface area contributed by atoms with E-state index >= 15 is 0 Å². The topological polar surface area (TPSA) is 35.5 Å². The maximum absolute atomic E-state index is 12.0. The molecule has 0 amide bonds. The molecule has 0 radical (unpaired) electrons. The molecule has 0 fully saturated rings. The Kier molecular flexibility index (Phi) is 5.12. The van der Waals surface area contributed by atoms with E-state index in [1.807, 2.05) is 60.7 Å². The number of ether oxygens (including phenoxy) is 2. The first-order valence-corrected chi connectivity index (χ1v) is 8.20. The molecule has 0 spiro atoms. The maximum atomic E-state index is 12.0. The van der Waals surface area contributed by atoms with E-state index in [2.05, 4.69) is 6.92 Å². The Labute approximate surface area is 142 Å². The van der Waals surface area contributed by atoms with Gasteiger partial charge in [-0.1, -0.05) is 55.8 Å². The van der Waals surface area contributed by atoms with Gasteiger partial charge in [0.2, 0.25) is 0 Å². The summed E-state index contributed by atoms with van der Waals surface area (Å²) in [5.74, 6) is 1.11. The van der Waals surface area contributed by atoms with Gasteiger partial charge < -0.3 is 9.47 Å². The fourth-order valence-corrected chi connectivity index (χ4v) is 2.41. The van der Waals surface area contributed by atoms with Crippen LogP contribution in [0.4, 0.5) is 0 Å². The third-order valence-electron chi connectivity index (χ3n) is 3.75. The molecule has 3 rings (SSSR count). The summed E-state index contributed by atoms with van der Waals surface area (Å²) in [7, 11) is 0. The molecule has 0 atom stereocenters. The lowest BCUT2D eigenvalue weighted by atomic mass is 10.1. The van der Waals surface area contributed by atoms with Crippen LogP contribution in [0.1, 0.15) is 30.9 Å². The summed E-state index contributed by atoms with van der Waals surface area (Å²) < 4.78 is 11.0. The monoisotopic (exact) mass is 320 g/mol. The minimum atomic E-state index is -0.322. The van der Waals surface area contributed by atoms with Gasteiger partial charge in [0.15, 0.2) is 0 Å². The molecule has 0 aromatic heterocycles. The summed E-state index contributed by atoms with van der Waals surface area (Å²) in [6, 6.07) is 17.3. The Hall–Kier alpha value is -2.81.